The van der Waals surface area contributed by atoms with E-state index in [0.717, 1.165) is 6.42 Å². The Bertz CT molecular complexity index is 56.1. The van der Waals surface area contributed by atoms with Crippen LogP contribution in [0.25, 0.3) is 0 Å². The van der Waals surface area contributed by atoms with Gasteiger partial charge in [-0.1, -0.05) is 46.6 Å². The highest BCUT2D eigenvalue weighted by atomic mass is 14.7. The van der Waals surface area contributed by atoms with Crippen LogP contribution >= 0.6 is 0 Å². The third-order valence-corrected chi connectivity index (χ3v) is 0.604. The molecule has 0 unspecified atom stereocenters. The quantitative estimate of drug-likeness (QED) is 0.608. The van der Waals surface area contributed by atoms with Gasteiger partial charge in [-0.25, -0.2) is 0 Å². The maximum atomic E-state index is 3.67. The molecule has 1 nitrogen and oxygen atoms in total. The largest absolute Gasteiger partial charge is 0.323 e. The molecule has 0 rings (SSSR count). The lowest BCUT2D eigenvalue weighted by Gasteiger charge is -1.79. The second-order valence-corrected chi connectivity index (χ2v) is 2.52. The predicted molar refractivity (Wildman–Crippen MR) is 67.4 cm³/mol. The van der Waals surface area contributed by atoms with Crippen LogP contribution in [0, 0.1) is 0 Å². The Labute approximate surface area is 86.6 Å². The molecule has 0 heterocycles. The maximum absolute atomic E-state index is 3.67. The van der Waals surface area contributed by atoms with Crippen LogP contribution in [-0.4, -0.2) is 14.1 Å². The van der Waals surface area contributed by atoms with Crippen LogP contribution in [0.1, 0.15) is 54.4 Å². The van der Waals surface area contributed by atoms with E-state index in [1.807, 2.05) is 34.9 Å². The Morgan fingerprint density at radius 1 is 1.08 bits per heavy atom. The number of rotatable bonds is 1. The lowest BCUT2D eigenvalue weighted by Crippen LogP contribution is -1.89. The highest BCUT2D eigenvalue weighted by Gasteiger charge is 1.67. The summed E-state index contributed by atoms with van der Waals surface area (Å²) in [5, 5.41) is 2.75. The Hall–Kier alpha value is -0.300. The fraction of sp³-hybridized carbons (Fsp3) is 0.833. The number of nitrogens with one attached hydrogen (secondary N) is 1. The lowest BCUT2D eigenvalue weighted by atomic mass is 10.3. The molecule has 0 aliphatic rings. The minimum Gasteiger partial charge on any atom is -0.323 e. The van der Waals surface area contributed by atoms with Gasteiger partial charge in [-0.15, -0.1) is 6.58 Å². The van der Waals surface area contributed by atoms with E-state index < -0.39 is 0 Å². The molecule has 0 aromatic rings. The van der Waals surface area contributed by atoms with Crippen LogP contribution in [0.2, 0.25) is 0 Å². The molecule has 0 amide bonds. The number of hydrogen-bond donors (Lipinski definition) is 1. The molecule has 0 aliphatic carbocycles. The minimum absolute atomic E-state index is 1.11. The van der Waals surface area contributed by atoms with Crippen LogP contribution in [0.15, 0.2) is 12.2 Å². The van der Waals surface area contributed by atoms with Crippen molar-refractivity contribution in [2.75, 3.05) is 14.1 Å². The van der Waals surface area contributed by atoms with E-state index in [1.165, 1.54) is 12.0 Å². The fourth-order valence-corrected chi connectivity index (χ4v) is 0. The van der Waals surface area contributed by atoms with E-state index in [9.17, 15) is 0 Å². The molecule has 0 saturated carbocycles. The smallest absolute Gasteiger partial charge is 0.0167 e. The highest BCUT2D eigenvalue weighted by molar-refractivity contribution is 4.84. The molecule has 1 N–H and O–H groups in total. The van der Waals surface area contributed by atoms with Gasteiger partial charge in [0.05, 0.1) is 0 Å². The first-order valence-corrected chi connectivity index (χ1v) is 5.33. The summed E-state index contributed by atoms with van der Waals surface area (Å²) >= 11 is 0. The summed E-state index contributed by atoms with van der Waals surface area (Å²) < 4.78 is 0. The highest BCUT2D eigenvalue weighted by Crippen LogP contribution is 1.88. The number of allylic oxidation sites excluding steroid dienone is 1. The van der Waals surface area contributed by atoms with Crippen LogP contribution < -0.4 is 5.32 Å². The molecule has 0 saturated heterocycles. The van der Waals surface area contributed by atoms with Crippen LogP contribution in [-0.2, 0) is 0 Å². The van der Waals surface area contributed by atoms with Crippen LogP contribution in [0.3, 0.4) is 0 Å². The summed E-state index contributed by atoms with van der Waals surface area (Å²) in [5.74, 6) is 0. The third-order valence-electron chi connectivity index (χ3n) is 0.604. The van der Waals surface area contributed by atoms with Crippen LogP contribution in [0.5, 0.6) is 0 Å². The molecule has 13 heavy (non-hydrogen) atoms. The van der Waals surface area contributed by atoms with Gasteiger partial charge < -0.3 is 5.32 Å². The fourth-order valence-electron chi connectivity index (χ4n) is 0. The first kappa shape index (κ1) is 23.0. The van der Waals surface area contributed by atoms with E-state index >= 15 is 0 Å². The predicted octanol–water partition coefficient (Wildman–Crippen LogP) is 4.25. The minimum atomic E-state index is 1.11. The molecule has 0 fully saturated rings. The van der Waals surface area contributed by atoms with Crippen molar-refractivity contribution in [2.24, 2.45) is 0 Å². The van der Waals surface area contributed by atoms with Gasteiger partial charge in [-0.2, -0.15) is 0 Å². The molecule has 84 valence electrons. The van der Waals surface area contributed by atoms with Crippen molar-refractivity contribution in [1.29, 1.82) is 0 Å². The Morgan fingerprint density at radius 3 is 1.15 bits per heavy atom. The monoisotopic (exact) mass is 189 g/mol. The van der Waals surface area contributed by atoms with Crippen molar-refractivity contribution in [3.63, 3.8) is 0 Å². The SMILES string of the molecule is C=C(C)CC.CC.CCC.CNC. The average Bonchev–Trinajstić information content (AvgIpc) is 2.11. The van der Waals surface area contributed by atoms with Gasteiger partial charge in [0.25, 0.3) is 0 Å². The Morgan fingerprint density at radius 2 is 1.15 bits per heavy atom. The third kappa shape index (κ3) is 381. The first-order chi connectivity index (χ1) is 6.10. The zero-order chi connectivity index (χ0) is 11.7. The topological polar surface area (TPSA) is 12.0 Å². The molecule has 1 heteroatoms. The molecule has 0 aromatic heterocycles. The van der Waals surface area contributed by atoms with Gasteiger partial charge >= 0.3 is 0 Å². The molecule has 0 spiro atoms. The molecular weight excluding hydrogens is 158 g/mol. The second-order valence-electron chi connectivity index (χ2n) is 2.52. The van der Waals surface area contributed by atoms with E-state index in [-0.39, 0.29) is 0 Å². The van der Waals surface area contributed by atoms with Gasteiger partial charge in [0.1, 0.15) is 0 Å². The zero-order valence-electron chi connectivity index (χ0n) is 11.1. The molecular formula is C12H31N. The molecule has 0 bridgehead atoms. The van der Waals surface area contributed by atoms with Crippen molar-refractivity contribution in [3.8, 4) is 0 Å². The van der Waals surface area contributed by atoms with E-state index in [1.54, 1.807) is 0 Å². The summed E-state index contributed by atoms with van der Waals surface area (Å²) in [4.78, 5) is 0. The summed E-state index contributed by atoms with van der Waals surface area (Å²) in [7, 11) is 3.75. The van der Waals surface area contributed by atoms with Crippen LogP contribution in [0.4, 0.5) is 0 Å². The molecule has 0 aliphatic heterocycles. The summed E-state index contributed by atoms with van der Waals surface area (Å²) in [5.41, 5.74) is 1.25. The van der Waals surface area contributed by atoms with Gasteiger partial charge in [-0.05, 0) is 27.4 Å². The van der Waals surface area contributed by atoms with Gasteiger partial charge in [0, 0.05) is 0 Å². The van der Waals surface area contributed by atoms with E-state index in [2.05, 4.69) is 32.7 Å². The Kier molecular flexibility index (Phi) is 72.8. The Balaban J connectivity index is -0.0000000446. The first-order valence-electron chi connectivity index (χ1n) is 5.33. The van der Waals surface area contributed by atoms with Crippen molar-refractivity contribution in [2.45, 2.75) is 54.4 Å². The van der Waals surface area contributed by atoms with Crippen molar-refractivity contribution >= 4 is 0 Å². The van der Waals surface area contributed by atoms with E-state index in [4.69, 9.17) is 0 Å². The summed E-state index contributed by atoms with van der Waals surface area (Å²) in [6, 6.07) is 0. The van der Waals surface area contributed by atoms with Crippen molar-refractivity contribution in [1.82, 2.24) is 5.32 Å². The molecule has 0 radical (unpaired) electrons. The van der Waals surface area contributed by atoms with Gasteiger partial charge in [-0.3, -0.25) is 0 Å². The molecule has 0 aromatic carbocycles. The lowest BCUT2D eigenvalue weighted by molar-refractivity contribution is 1.02. The molecule has 0 atom stereocenters. The van der Waals surface area contributed by atoms with Crippen molar-refractivity contribution < 1.29 is 0 Å². The van der Waals surface area contributed by atoms with E-state index in [0.29, 0.717) is 0 Å². The zero-order valence-corrected chi connectivity index (χ0v) is 11.1. The normalized spacial score (nSPS) is 6.15. The second kappa shape index (κ2) is 41.2. The van der Waals surface area contributed by atoms with Gasteiger partial charge in [0.2, 0.25) is 0 Å². The van der Waals surface area contributed by atoms with Crippen molar-refractivity contribution in [3.05, 3.63) is 12.2 Å². The summed E-state index contributed by atoms with van der Waals surface area (Å²) in [6.45, 7) is 16.1. The number of hydrogen-bond acceptors (Lipinski definition) is 1. The standard InChI is InChI=1S/C5H10.C3H8.C2H7N.C2H6/c1-4-5(2)3;2*1-3-2;1-2/h2,4H2,1,3H3;3H2,1-2H3;3H,1-2H3;1-2H3. The summed E-state index contributed by atoms with van der Waals surface area (Å²) in [6.07, 6.45) is 2.36. The van der Waals surface area contributed by atoms with Gasteiger partial charge in [0.15, 0.2) is 0 Å². The maximum Gasteiger partial charge on any atom is -0.0167 e. The average molecular weight is 189 g/mol.